The quantitative estimate of drug-likeness (QED) is 0.558. The highest BCUT2D eigenvalue weighted by molar-refractivity contribution is 5.90. The van der Waals surface area contributed by atoms with E-state index < -0.39 is 5.97 Å². The number of hydrogen-bond donors (Lipinski definition) is 4. The summed E-state index contributed by atoms with van der Waals surface area (Å²) in [5.41, 5.74) is 14.4. The number of nitrogens with two attached hydrogens (primary N) is 2. The van der Waals surface area contributed by atoms with Crippen LogP contribution in [0.2, 0.25) is 0 Å². The van der Waals surface area contributed by atoms with E-state index in [4.69, 9.17) is 16.6 Å². The highest BCUT2D eigenvalue weighted by atomic mass is 16.4. The molecule has 6 N–H and O–H groups in total. The molecule has 3 rings (SSSR count). The summed E-state index contributed by atoms with van der Waals surface area (Å²) >= 11 is 0. The van der Waals surface area contributed by atoms with Crippen LogP contribution in [-0.4, -0.2) is 39.6 Å². The molecule has 0 atom stereocenters. The monoisotopic (exact) mass is 326 g/mol. The van der Waals surface area contributed by atoms with E-state index in [-0.39, 0.29) is 11.5 Å². The molecule has 0 unspecified atom stereocenters. The first-order valence-electron chi connectivity index (χ1n) is 7.39. The fourth-order valence-electron chi connectivity index (χ4n) is 2.62. The maximum atomic E-state index is 10.9. The van der Waals surface area contributed by atoms with Gasteiger partial charge >= 0.3 is 5.97 Å². The molecular formula is C16H18N6O2. The number of carbonyl (C=O) groups is 1. The van der Waals surface area contributed by atoms with E-state index in [9.17, 15) is 4.79 Å². The Kier molecular flexibility index (Phi) is 3.95. The number of nitrogen functional groups attached to an aromatic ring is 2. The third kappa shape index (κ3) is 2.94. The lowest BCUT2D eigenvalue weighted by Gasteiger charge is -2.19. The lowest BCUT2D eigenvalue weighted by atomic mass is 10.1. The van der Waals surface area contributed by atoms with Gasteiger partial charge in [0.2, 0.25) is 5.95 Å². The van der Waals surface area contributed by atoms with Crippen LogP contribution in [0.4, 0.5) is 17.5 Å². The molecule has 0 saturated heterocycles. The largest absolute Gasteiger partial charge is 0.478 e. The number of H-pyrrole nitrogens is 1. The van der Waals surface area contributed by atoms with Crippen LogP contribution in [0.1, 0.15) is 15.9 Å². The standard InChI is InChI=1S/C16H18N6O2/c1-22(11-4-2-9(3-5-11)15(23)24)7-6-10-8-19-14-12(10)13(17)20-16(18)21-14/h2-5,8H,6-7H2,1H3,(H,23,24)(H5,17,18,19,20,21). The van der Waals surface area contributed by atoms with Crippen LogP contribution in [-0.2, 0) is 6.42 Å². The predicted octanol–water partition coefficient (Wildman–Crippen LogP) is 1.50. The fraction of sp³-hybridized carbons (Fsp3) is 0.188. The normalized spacial score (nSPS) is 10.9. The van der Waals surface area contributed by atoms with Crippen LogP contribution in [0.3, 0.4) is 0 Å². The number of rotatable bonds is 5. The molecule has 8 heteroatoms. The summed E-state index contributed by atoms with van der Waals surface area (Å²) in [5.74, 6) is -0.427. The van der Waals surface area contributed by atoms with Crippen LogP contribution in [0.25, 0.3) is 11.0 Å². The average Bonchev–Trinajstić information content (AvgIpc) is 2.95. The molecule has 0 spiro atoms. The summed E-state index contributed by atoms with van der Waals surface area (Å²) in [6.07, 6.45) is 2.59. The number of aromatic carboxylic acids is 1. The average molecular weight is 326 g/mol. The van der Waals surface area contributed by atoms with E-state index in [1.807, 2.05) is 18.1 Å². The maximum absolute atomic E-state index is 10.9. The van der Waals surface area contributed by atoms with Crippen molar-refractivity contribution in [3.05, 3.63) is 41.6 Å². The number of nitrogens with zero attached hydrogens (tertiary/aromatic N) is 3. The Balaban J connectivity index is 1.74. The van der Waals surface area contributed by atoms with Gasteiger partial charge in [0, 0.05) is 25.5 Å². The molecule has 0 saturated carbocycles. The lowest BCUT2D eigenvalue weighted by Crippen LogP contribution is -2.20. The number of benzene rings is 1. The van der Waals surface area contributed by atoms with E-state index in [0.29, 0.717) is 11.5 Å². The molecule has 2 aromatic heterocycles. The Labute approximate surface area is 138 Å². The van der Waals surface area contributed by atoms with Crippen molar-refractivity contribution in [2.75, 3.05) is 30.0 Å². The smallest absolute Gasteiger partial charge is 0.335 e. The molecule has 3 aromatic rings. The fourth-order valence-corrected chi connectivity index (χ4v) is 2.62. The Morgan fingerprint density at radius 2 is 1.96 bits per heavy atom. The van der Waals surface area contributed by atoms with Gasteiger partial charge in [0.1, 0.15) is 11.5 Å². The molecule has 0 aliphatic heterocycles. The van der Waals surface area contributed by atoms with Crippen molar-refractivity contribution in [3.8, 4) is 0 Å². The predicted molar refractivity (Wildman–Crippen MR) is 93.1 cm³/mol. The van der Waals surface area contributed by atoms with Gasteiger partial charge in [-0.3, -0.25) is 0 Å². The highest BCUT2D eigenvalue weighted by Gasteiger charge is 2.12. The van der Waals surface area contributed by atoms with Gasteiger partial charge in [0.25, 0.3) is 0 Å². The summed E-state index contributed by atoms with van der Waals surface area (Å²) in [4.78, 5) is 24.1. The van der Waals surface area contributed by atoms with Gasteiger partial charge in [-0.05, 0) is 36.2 Å². The Hall–Kier alpha value is -3.29. The second kappa shape index (κ2) is 6.07. The molecule has 2 heterocycles. The van der Waals surface area contributed by atoms with Crippen molar-refractivity contribution in [3.63, 3.8) is 0 Å². The zero-order valence-electron chi connectivity index (χ0n) is 13.2. The molecule has 24 heavy (non-hydrogen) atoms. The highest BCUT2D eigenvalue weighted by Crippen LogP contribution is 2.23. The number of aromatic amines is 1. The zero-order valence-corrected chi connectivity index (χ0v) is 13.2. The molecule has 124 valence electrons. The number of likely N-dealkylation sites (N-methyl/N-ethyl adjacent to an activating group) is 1. The summed E-state index contributed by atoms with van der Waals surface area (Å²) < 4.78 is 0. The molecule has 0 aliphatic rings. The first-order chi connectivity index (χ1) is 11.5. The van der Waals surface area contributed by atoms with Gasteiger partial charge in [0.05, 0.1) is 10.9 Å². The number of anilines is 3. The second-order valence-corrected chi connectivity index (χ2v) is 5.53. The summed E-state index contributed by atoms with van der Waals surface area (Å²) in [5, 5.41) is 9.73. The lowest BCUT2D eigenvalue weighted by molar-refractivity contribution is 0.0697. The molecule has 1 aromatic carbocycles. The summed E-state index contributed by atoms with van der Waals surface area (Å²) in [6, 6.07) is 6.76. The van der Waals surface area contributed by atoms with Crippen LogP contribution in [0, 0.1) is 0 Å². The van der Waals surface area contributed by atoms with Gasteiger partial charge in [-0.2, -0.15) is 9.97 Å². The molecule has 0 radical (unpaired) electrons. The van der Waals surface area contributed by atoms with E-state index in [0.717, 1.165) is 29.6 Å². The van der Waals surface area contributed by atoms with Crippen molar-refractivity contribution in [2.45, 2.75) is 6.42 Å². The molecule has 0 amide bonds. The van der Waals surface area contributed by atoms with Gasteiger partial charge in [-0.25, -0.2) is 4.79 Å². The summed E-state index contributed by atoms with van der Waals surface area (Å²) in [6.45, 7) is 0.725. The first kappa shape index (κ1) is 15.6. The molecule has 0 bridgehead atoms. The number of hydrogen-bond acceptors (Lipinski definition) is 6. The van der Waals surface area contributed by atoms with Crippen LogP contribution in [0.15, 0.2) is 30.5 Å². The van der Waals surface area contributed by atoms with Gasteiger partial charge in [-0.1, -0.05) is 0 Å². The minimum absolute atomic E-state index is 0.143. The third-order valence-corrected chi connectivity index (χ3v) is 3.93. The van der Waals surface area contributed by atoms with Crippen LogP contribution < -0.4 is 16.4 Å². The Morgan fingerprint density at radius 1 is 1.25 bits per heavy atom. The topological polar surface area (TPSA) is 134 Å². The van der Waals surface area contributed by atoms with Crippen LogP contribution >= 0.6 is 0 Å². The molecule has 0 aliphatic carbocycles. The number of fused-ring (bicyclic) bond motifs is 1. The molecule has 8 nitrogen and oxygen atoms in total. The maximum Gasteiger partial charge on any atom is 0.335 e. The number of carboxylic acids is 1. The minimum Gasteiger partial charge on any atom is -0.478 e. The van der Waals surface area contributed by atoms with E-state index in [1.165, 1.54) is 0 Å². The number of nitrogens with one attached hydrogen (secondary N) is 1. The Bertz CT molecular complexity index is 887. The van der Waals surface area contributed by atoms with E-state index >= 15 is 0 Å². The molecular weight excluding hydrogens is 308 g/mol. The summed E-state index contributed by atoms with van der Waals surface area (Å²) in [7, 11) is 1.95. The van der Waals surface area contributed by atoms with Crippen molar-refractivity contribution < 1.29 is 9.90 Å². The van der Waals surface area contributed by atoms with Crippen molar-refractivity contribution in [1.82, 2.24) is 15.0 Å². The van der Waals surface area contributed by atoms with E-state index in [2.05, 4.69) is 15.0 Å². The van der Waals surface area contributed by atoms with Crippen molar-refractivity contribution in [1.29, 1.82) is 0 Å². The Morgan fingerprint density at radius 3 is 2.62 bits per heavy atom. The minimum atomic E-state index is -0.933. The van der Waals surface area contributed by atoms with Crippen molar-refractivity contribution in [2.24, 2.45) is 0 Å². The number of aromatic nitrogens is 3. The van der Waals surface area contributed by atoms with Gasteiger partial charge in [0.15, 0.2) is 0 Å². The van der Waals surface area contributed by atoms with Gasteiger partial charge < -0.3 is 26.5 Å². The third-order valence-electron chi connectivity index (χ3n) is 3.93. The second-order valence-electron chi connectivity index (χ2n) is 5.53. The zero-order chi connectivity index (χ0) is 17.3. The first-order valence-corrected chi connectivity index (χ1v) is 7.39. The van der Waals surface area contributed by atoms with Crippen molar-refractivity contribution >= 4 is 34.5 Å². The SMILES string of the molecule is CN(CCc1c[nH]c2nc(N)nc(N)c12)c1ccc(C(=O)O)cc1. The van der Waals surface area contributed by atoms with E-state index in [1.54, 1.807) is 24.3 Å². The van der Waals surface area contributed by atoms with Crippen LogP contribution in [0.5, 0.6) is 0 Å². The molecule has 0 fully saturated rings. The van der Waals surface area contributed by atoms with Gasteiger partial charge in [-0.15, -0.1) is 0 Å². The number of carboxylic acid groups (broad SMARTS) is 1.